The van der Waals surface area contributed by atoms with Gasteiger partial charge in [-0.1, -0.05) is 24.3 Å². The van der Waals surface area contributed by atoms with Gasteiger partial charge in [-0.2, -0.15) is 0 Å². The molecule has 7 aromatic rings. The number of hydrogen-bond donors (Lipinski definition) is 6. The molecule has 3 aromatic heterocycles. The predicted octanol–water partition coefficient (Wildman–Crippen LogP) is 10.2. The Morgan fingerprint density at radius 3 is 0.800 bits per heavy atom. The van der Waals surface area contributed by atoms with Gasteiger partial charge < -0.3 is 49.3 Å². The second-order valence-corrected chi connectivity index (χ2v) is 14.0. The molecule has 0 fully saturated rings. The molecular formula is C48H38N4O8. The summed E-state index contributed by atoms with van der Waals surface area (Å²) in [4.78, 5) is 17.9. The molecule has 0 saturated heterocycles. The summed E-state index contributed by atoms with van der Waals surface area (Å²) in [7, 11) is 6.00. The highest BCUT2D eigenvalue weighted by atomic mass is 16.5. The fourth-order valence-electron chi connectivity index (χ4n) is 7.75. The number of aromatic hydroxyl groups is 4. The Balaban J connectivity index is 1.48. The molecule has 298 valence electrons. The van der Waals surface area contributed by atoms with Crippen LogP contribution in [0.4, 0.5) is 0 Å². The highest BCUT2D eigenvalue weighted by Gasteiger charge is 2.21. The number of aromatic nitrogens is 4. The summed E-state index contributed by atoms with van der Waals surface area (Å²) in [5, 5.41) is 42.4. The average molecular weight is 799 g/mol. The van der Waals surface area contributed by atoms with Gasteiger partial charge >= 0.3 is 0 Å². The third-order valence-corrected chi connectivity index (χ3v) is 10.6. The molecular weight excluding hydrogens is 761 g/mol. The van der Waals surface area contributed by atoms with Crippen molar-refractivity contribution in [1.82, 2.24) is 19.9 Å². The number of ether oxygens (including phenoxy) is 4. The van der Waals surface area contributed by atoms with Crippen molar-refractivity contribution < 1.29 is 39.4 Å². The Morgan fingerprint density at radius 2 is 0.583 bits per heavy atom. The molecule has 0 radical (unpaired) electrons. The van der Waals surface area contributed by atoms with E-state index in [9.17, 15) is 20.4 Å². The summed E-state index contributed by atoms with van der Waals surface area (Å²) >= 11 is 0. The van der Waals surface area contributed by atoms with E-state index >= 15 is 0 Å². The standard InChI is InChI=1S/C48H38N4O8/c1-57-41-21-25(5-17-37(41)53)45-29-9-11-31(49-29)46(26-6-18-38(54)42(22-26)58-2)33-13-15-35(51-33)48(28-8-20-40(56)44(24-28)60-4)36-16-14-34(52-36)47(32-12-10-30(45)50-32)27-7-19-39(55)43(23-27)59-3/h5-24,49,52-56H,1-4H3. The molecule has 0 unspecified atom stereocenters. The summed E-state index contributed by atoms with van der Waals surface area (Å²) in [6.45, 7) is 0. The highest BCUT2D eigenvalue weighted by molar-refractivity contribution is 6.00. The molecule has 2 aliphatic heterocycles. The quantitative estimate of drug-likeness (QED) is 0.0868. The Labute approximate surface area is 343 Å². The zero-order chi connectivity index (χ0) is 41.7. The maximum absolute atomic E-state index is 10.6. The minimum absolute atomic E-state index is 0.00487. The number of benzene rings is 4. The number of phenolic OH excluding ortho intramolecular Hbond substituents is 4. The molecule has 12 heteroatoms. The minimum atomic E-state index is -0.00487. The molecule has 4 aromatic carbocycles. The van der Waals surface area contributed by atoms with Crippen molar-refractivity contribution in [2.75, 3.05) is 28.4 Å². The summed E-state index contributed by atoms with van der Waals surface area (Å²) < 4.78 is 22.2. The zero-order valence-corrected chi connectivity index (χ0v) is 32.9. The van der Waals surface area contributed by atoms with Gasteiger partial charge in [0.05, 0.1) is 51.2 Å². The predicted molar refractivity (Wildman–Crippen MR) is 233 cm³/mol. The van der Waals surface area contributed by atoms with Crippen LogP contribution in [0, 0.1) is 0 Å². The SMILES string of the molecule is COc1cc(-c2c3nc(c(-c4ccc(O)c(OC)c4)c4ccc([nH]4)c(-c4ccc(O)c(OC)c4)c4nc(c(-c5ccc(O)c(OC)c5)c5ccc2[nH]5)C=C4)C=C3)ccc1O. The van der Waals surface area contributed by atoms with Gasteiger partial charge in [0.25, 0.3) is 0 Å². The van der Waals surface area contributed by atoms with Crippen LogP contribution in [-0.2, 0) is 0 Å². The van der Waals surface area contributed by atoms with Crippen LogP contribution in [0.15, 0.2) is 97.1 Å². The van der Waals surface area contributed by atoms with Crippen LogP contribution in [0.3, 0.4) is 0 Å². The lowest BCUT2D eigenvalue weighted by Gasteiger charge is -2.10. The topological polar surface area (TPSA) is 175 Å². The molecule has 60 heavy (non-hydrogen) atoms. The number of rotatable bonds is 8. The van der Waals surface area contributed by atoms with Crippen LogP contribution in [-0.4, -0.2) is 68.8 Å². The van der Waals surface area contributed by atoms with E-state index in [1.807, 2.05) is 72.8 Å². The van der Waals surface area contributed by atoms with Gasteiger partial charge in [0.2, 0.25) is 0 Å². The second kappa shape index (κ2) is 15.0. The minimum Gasteiger partial charge on any atom is -0.504 e. The van der Waals surface area contributed by atoms with E-state index in [1.165, 1.54) is 28.4 Å². The average Bonchev–Trinajstić information content (AvgIpc) is 4.11. The Morgan fingerprint density at radius 1 is 0.350 bits per heavy atom. The number of phenols is 4. The molecule has 12 nitrogen and oxygen atoms in total. The maximum Gasteiger partial charge on any atom is 0.161 e. The Kier molecular flexibility index (Phi) is 9.36. The highest BCUT2D eigenvalue weighted by Crippen LogP contribution is 2.43. The van der Waals surface area contributed by atoms with E-state index in [2.05, 4.69) is 9.97 Å². The molecule has 0 atom stereocenters. The fourth-order valence-corrected chi connectivity index (χ4v) is 7.75. The lowest BCUT2D eigenvalue weighted by molar-refractivity contribution is 0.373. The number of hydrogen-bond acceptors (Lipinski definition) is 10. The first-order chi connectivity index (χ1) is 29.2. The first-order valence-electron chi connectivity index (χ1n) is 18.8. The van der Waals surface area contributed by atoms with Gasteiger partial charge in [-0.3, -0.25) is 0 Å². The summed E-state index contributed by atoms with van der Waals surface area (Å²) in [5.74, 6) is 1.16. The van der Waals surface area contributed by atoms with Crippen LogP contribution >= 0.6 is 0 Å². The van der Waals surface area contributed by atoms with E-state index in [4.69, 9.17) is 28.9 Å². The lowest BCUT2D eigenvalue weighted by Crippen LogP contribution is -1.92. The number of fused-ring (bicyclic) bond motifs is 8. The number of H-pyrrole nitrogens is 2. The molecule has 5 heterocycles. The molecule has 0 spiro atoms. The van der Waals surface area contributed by atoms with E-state index in [0.29, 0.717) is 67.8 Å². The van der Waals surface area contributed by atoms with Crippen molar-refractivity contribution in [2.45, 2.75) is 0 Å². The lowest BCUT2D eigenvalue weighted by atomic mass is 10.0. The van der Waals surface area contributed by atoms with Gasteiger partial charge in [0, 0.05) is 44.3 Å². The monoisotopic (exact) mass is 798 g/mol. The van der Waals surface area contributed by atoms with E-state index in [-0.39, 0.29) is 23.0 Å². The molecule has 0 amide bonds. The van der Waals surface area contributed by atoms with Crippen molar-refractivity contribution in [3.05, 3.63) is 120 Å². The molecule has 0 saturated carbocycles. The maximum atomic E-state index is 10.6. The van der Waals surface area contributed by atoms with Gasteiger partial charge in [0.1, 0.15) is 0 Å². The van der Waals surface area contributed by atoms with Crippen LogP contribution in [0.2, 0.25) is 0 Å². The third kappa shape index (κ3) is 6.45. The van der Waals surface area contributed by atoms with Crippen molar-refractivity contribution in [2.24, 2.45) is 0 Å². The second-order valence-electron chi connectivity index (χ2n) is 14.0. The summed E-state index contributed by atoms with van der Waals surface area (Å²) in [5.41, 5.74) is 11.1. The molecule has 0 aliphatic carbocycles. The smallest absolute Gasteiger partial charge is 0.161 e. The van der Waals surface area contributed by atoms with Gasteiger partial charge in [-0.25, -0.2) is 9.97 Å². The van der Waals surface area contributed by atoms with Crippen molar-refractivity contribution in [3.8, 4) is 90.5 Å². The fraction of sp³-hybridized carbons (Fsp3) is 0.0833. The van der Waals surface area contributed by atoms with Crippen LogP contribution in [0.25, 0.3) is 90.9 Å². The third-order valence-electron chi connectivity index (χ3n) is 10.6. The van der Waals surface area contributed by atoms with Crippen LogP contribution in [0.5, 0.6) is 46.0 Å². The largest absolute Gasteiger partial charge is 0.504 e. The van der Waals surface area contributed by atoms with Gasteiger partial charge in [-0.15, -0.1) is 0 Å². The first-order valence-corrected chi connectivity index (χ1v) is 18.8. The van der Waals surface area contributed by atoms with E-state index in [1.54, 1.807) is 48.5 Å². The van der Waals surface area contributed by atoms with Gasteiger partial charge in [-0.05, 0) is 119 Å². The van der Waals surface area contributed by atoms with E-state index in [0.717, 1.165) is 44.5 Å². The molecule has 6 N–H and O–H groups in total. The molecule has 9 rings (SSSR count). The van der Waals surface area contributed by atoms with Crippen molar-refractivity contribution in [1.29, 1.82) is 0 Å². The number of nitrogens with one attached hydrogen (secondary N) is 2. The van der Waals surface area contributed by atoms with Crippen molar-refractivity contribution >= 4 is 46.4 Å². The number of aromatic amines is 2. The number of nitrogens with zero attached hydrogens (tertiary/aromatic N) is 2. The summed E-state index contributed by atoms with van der Waals surface area (Å²) in [6.07, 6.45) is 7.74. The van der Waals surface area contributed by atoms with E-state index < -0.39 is 0 Å². The molecule has 2 aliphatic rings. The normalized spacial score (nSPS) is 11.8. The first kappa shape index (κ1) is 37.5. The summed E-state index contributed by atoms with van der Waals surface area (Å²) in [6, 6.07) is 28.5. The Hall–Kier alpha value is -8.12. The van der Waals surface area contributed by atoms with Crippen LogP contribution < -0.4 is 18.9 Å². The van der Waals surface area contributed by atoms with Gasteiger partial charge in [0.15, 0.2) is 46.0 Å². The van der Waals surface area contributed by atoms with Crippen LogP contribution in [0.1, 0.15) is 22.8 Å². The Bertz CT molecular complexity index is 2700. The number of methoxy groups -OCH3 is 4. The van der Waals surface area contributed by atoms with Crippen molar-refractivity contribution in [3.63, 3.8) is 0 Å². The molecule has 8 bridgehead atoms. The zero-order valence-electron chi connectivity index (χ0n) is 32.9.